The highest BCUT2D eigenvalue weighted by atomic mass is 127. The van der Waals surface area contributed by atoms with Crippen LogP contribution in [-0.2, 0) is 6.42 Å². The molecule has 2 aromatic rings. The van der Waals surface area contributed by atoms with E-state index in [2.05, 4.69) is 46.4 Å². The monoisotopic (exact) mass is 421 g/mol. The van der Waals surface area contributed by atoms with Crippen molar-refractivity contribution in [3.8, 4) is 0 Å². The molecule has 0 radical (unpaired) electrons. The van der Waals surface area contributed by atoms with Gasteiger partial charge in [-0.05, 0) is 46.2 Å². The summed E-state index contributed by atoms with van der Waals surface area (Å²) in [4.78, 5) is 8.95. The van der Waals surface area contributed by atoms with Crippen molar-refractivity contribution in [2.75, 3.05) is 5.73 Å². The minimum absolute atomic E-state index is 0.305. The lowest BCUT2D eigenvalue weighted by Gasteiger charge is -2.11. The van der Waals surface area contributed by atoms with Crippen LogP contribution in [0.1, 0.15) is 36.8 Å². The number of anilines is 1. The Kier molecular flexibility index (Phi) is 5.09. The molecule has 1 aromatic heterocycles. The van der Waals surface area contributed by atoms with Crippen LogP contribution in [0.15, 0.2) is 18.2 Å². The summed E-state index contributed by atoms with van der Waals surface area (Å²) in [6, 6.07) is 5.52. The van der Waals surface area contributed by atoms with Gasteiger partial charge in [-0.15, -0.1) is 0 Å². The molecule has 0 aliphatic rings. The average molecular weight is 422 g/mol. The summed E-state index contributed by atoms with van der Waals surface area (Å²) in [7, 11) is 0. The van der Waals surface area contributed by atoms with E-state index >= 15 is 0 Å². The molecule has 0 spiro atoms. The first-order chi connectivity index (χ1) is 9.38. The van der Waals surface area contributed by atoms with Gasteiger partial charge in [0.05, 0.1) is 19.3 Å². The van der Waals surface area contributed by atoms with Gasteiger partial charge >= 0.3 is 0 Å². The van der Waals surface area contributed by atoms with Gasteiger partial charge in [0.15, 0.2) is 0 Å². The zero-order chi connectivity index (χ0) is 14.9. The summed E-state index contributed by atoms with van der Waals surface area (Å²) in [5.74, 6) is 1.53. The number of halogens is 3. The second-order valence-corrected chi connectivity index (χ2v) is 6.70. The van der Waals surface area contributed by atoms with Crippen LogP contribution in [0.2, 0.25) is 10.0 Å². The maximum atomic E-state index is 6.02. The van der Waals surface area contributed by atoms with Gasteiger partial charge in [0, 0.05) is 6.42 Å². The van der Waals surface area contributed by atoms with Crippen molar-refractivity contribution < 1.29 is 0 Å². The van der Waals surface area contributed by atoms with Crippen LogP contribution in [0.25, 0.3) is 0 Å². The van der Waals surface area contributed by atoms with Gasteiger partial charge in [-0.1, -0.05) is 43.1 Å². The summed E-state index contributed by atoms with van der Waals surface area (Å²) >= 11 is 14.1. The van der Waals surface area contributed by atoms with Crippen LogP contribution < -0.4 is 5.73 Å². The molecule has 20 heavy (non-hydrogen) atoms. The number of hydrogen-bond acceptors (Lipinski definition) is 3. The number of nitrogens with two attached hydrogens (primary N) is 1. The molecular weight excluding hydrogens is 408 g/mol. The second kappa shape index (κ2) is 6.45. The van der Waals surface area contributed by atoms with E-state index in [4.69, 9.17) is 28.9 Å². The van der Waals surface area contributed by atoms with E-state index in [-0.39, 0.29) is 0 Å². The minimum atomic E-state index is 0.305. The van der Waals surface area contributed by atoms with Crippen LogP contribution in [0, 0.1) is 3.57 Å². The summed E-state index contributed by atoms with van der Waals surface area (Å²) in [5, 5.41) is 1.08. The summed E-state index contributed by atoms with van der Waals surface area (Å²) < 4.78 is 0.926. The van der Waals surface area contributed by atoms with Gasteiger partial charge in [-0.3, -0.25) is 0 Å². The Morgan fingerprint density at radius 1 is 1.20 bits per heavy atom. The highest BCUT2D eigenvalue weighted by molar-refractivity contribution is 14.1. The first-order valence-corrected chi connectivity index (χ1v) is 7.97. The maximum absolute atomic E-state index is 6.02. The van der Waals surface area contributed by atoms with E-state index in [0.717, 1.165) is 14.8 Å². The zero-order valence-corrected chi connectivity index (χ0v) is 14.8. The molecule has 0 atom stereocenters. The molecule has 0 amide bonds. The third kappa shape index (κ3) is 3.54. The number of hydrogen-bond donors (Lipinski definition) is 1. The third-order valence-corrected chi connectivity index (χ3v) is 4.69. The first-order valence-electron chi connectivity index (χ1n) is 6.14. The Bertz CT molecular complexity index is 645. The Labute approximate surface area is 142 Å². The van der Waals surface area contributed by atoms with Gasteiger partial charge in [0.25, 0.3) is 0 Å². The normalized spacial score (nSPS) is 11.1. The van der Waals surface area contributed by atoms with Crippen molar-refractivity contribution in [2.24, 2.45) is 0 Å². The topological polar surface area (TPSA) is 51.8 Å². The standard InChI is InChI=1S/C14H14Cl2IN3/c1-7(2)13-12(17)14(18)20-11(19-13)6-8-3-4-9(15)10(16)5-8/h3-5,7H,6H2,1-2H3,(H2,18,19,20). The summed E-state index contributed by atoms with van der Waals surface area (Å²) in [5.41, 5.74) is 7.95. The predicted molar refractivity (Wildman–Crippen MR) is 92.5 cm³/mol. The molecule has 6 heteroatoms. The van der Waals surface area contributed by atoms with Crippen molar-refractivity contribution in [3.05, 3.63) is 48.9 Å². The highest BCUT2D eigenvalue weighted by Crippen LogP contribution is 2.26. The lowest BCUT2D eigenvalue weighted by atomic mass is 10.1. The van der Waals surface area contributed by atoms with Crippen LogP contribution in [0.5, 0.6) is 0 Å². The van der Waals surface area contributed by atoms with E-state index < -0.39 is 0 Å². The molecule has 0 unspecified atom stereocenters. The Hall–Kier alpha value is -0.590. The molecule has 0 aliphatic carbocycles. The molecule has 106 valence electrons. The number of nitrogens with zero attached hydrogens (tertiary/aromatic N) is 2. The molecule has 0 aliphatic heterocycles. The van der Waals surface area contributed by atoms with Gasteiger partial charge < -0.3 is 5.73 Å². The fraction of sp³-hybridized carbons (Fsp3) is 0.286. The van der Waals surface area contributed by atoms with Gasteiger partial charge in [0.2, 0.25) is 0 Å². The number of nitrogen functional groups attached to an aromatic ring is 1. The van der Waals surface area contributed by atoms with E-state index in [0.29, 0.717) is 34.0 Å². The largest absolute Gasteiger partial charge is 0.383 e. The number of aromatic nitrogens is 2. The Balaban J connectivity index is 2.36. The smallest absolute Gasteiger partial charge is 0.140 e. The van der Waals surface area contributed by atoms with E-state index in [1.54, 1.807) is 6.07 Å². The maximum Gasteiger partial charge on any atom is 0.140 e. The van der Waals surface area contributed by atoms with Crippen molar-refractivity contribution >= 4 is 51.6 Å². The Morgan fingerprint density at radius 3 is 2.50 bits per heavy atom. The molecule has 1 aromatic carbocycles. The van der Waals surface area contributed by atoms with Crippen molar-refractivity contribution in [2.45, 2.75) is 26.2 Å². The third-order valence-electron chi connectivity index (χ3n) is 2.84. The van der Waals surface area contributed by atoms with Crippen molar-refractivity contribution in [1.82, 2.24) is 9.97 Å². The minimum Gasteiger partial charge on any atom is -0.383 e. The second-order valence-electron chi connectivity index (χ2n) is 4.80. The van der Waals surface area contributed by atoms with Crippen LogP contribution in [0.4, 0.5) is 5.82 Å². The fourth-order valence-electron chi connectivity index (χ4n) is 1.83. The predicted octanol–water partition coefficient (Wildman–Crippen LogP) is 4.68. The molecule has 2 rings (SSSR count). The molecule has 3 nitrogen and oxygen atoms in total. The molecule has 0 fully saturated rings. The van der Waals surface area contributed by atoms with Gasteiger partial charge in [-0.25, -0.2) is 9.97 Å². The lowest BCUT2D eigenvalue weighted by molar-refractivity contribution is 0.785. The van der Waals surface area contributed by atoms with E-state index in [1.807, 2.05) is 12.1 Å². The van der Waals surface area contributed by atoms with Crippen LogP contribution >= 0.6 is 45.8 Å². The fourth-order valence-corrected chi connectivity index (χ4v) is 3.01. The molecular formula is C14H14Cl2IN3. The van der Waals surface area contributed by atoms with Crippen molar-refractivity contribution in [1.29, 1.82) is 0 Å². The number of rotatable bonds is 3. The molecule has 0 saturated heterocycles. The summed E-state index contributed by atoms with van der Waals surface area (Å²) in [6.45, 7) is 4.18. The number of benzene rings is 1. The van der Waals surface area contributed by atoms with Gasteiger partial charge in [-0.2, -0.15) is 0 Å². The highest BCUT2D eigenvalue weighted by Gasteiger charge is 2.13. The Morgan fingerprint density at radius 2 is 1.90 bits per heavy atom. The first kappa shape index (κ1) is 15.8. The summed E-state index contributed by atoms with van der Waals surface area (Å²) in [6.07, 6.45) is 0.581. The van der Waals surface area contributed by atoms with Crippen molar-refractivity contribution in [3.63, 3.8) is 0 Å². The van der Waals surface area contributed by atoms with Crippen LogP contribution in [0.3, 0.4) is 0 Å². The molecule has 2 N–H and O–H groups in total. The van der Waals surface area contributed by atoms with Crippen LogP contribution in [-0.4, -0.2) is 9.97 Å². The van der Waals surface area contributed by atoms with E-state index in [9.17, 15) is 0 Å². The van der Waals surface area contributed by atoms with Gasteiger partial charge in [0.1, 0.15) is 11.6 Å². The zero-order valence-electron chi connectivity index (χ0n) is 11.1. The molecule has 1 heterocycles. The molecule has 0 saturated carbocycles. The van der Waals surface area contributed by atoms with E-state index in [1.165, 1.54) is 0 Å². The quantitative estimate of drug-likeness (QED) is 0.731. The average Bonchev–Trinajstić information content (AvgIpc) is 2.37. The molecule has 0 bridgehead atoms. The SMILES string of the molecule is CC(C)c1nc(Cc2ccc(Cl)c(Cl)c2)nc(N)c1I. The lowest BCUT2D eigenvalue weighted by Crippen LogP contribution is -2.09.